The van der Waals surface area contributed by atoms with Gasteiger partial charge in [0.1, 0.15) is 0 Å². The van der Waals surface area contributed by atoms with Crippen LogP contribution in [0.1, 0.15) is 12.8 Å². The van der Waals surface area contributed by atoms with Gasteiger partial charge in [0.25, 0.3) is 0 Å². The van der Waals surface area contributed by atoms with Crippen LogP contribution in [0.5, 0.6) is 0 Å². The Kier molecular flexibility index (Phi) is 4.39. The van der Waals surface area contributed by atoms with Crippen molar-refractivity contribution in [3.63, 3.8) is 0 Å². The van der Waals surface area contributed by atoms with Crippen LogP contribution >= 0.6 is 0 Å². The molecule has 3 nitrogen and oxygen atoms in total. The van der Waals surface area contributed by atoms with Crippen LogP contribution < -0.4 is 5.32 Å². The molecule has 1 aromatic rings. The van der Waals surface area contributed by atoms with Crippen molar-refractivity contribution in [3.8, 4) is 0 Å². The smallest absolute Gasteiger partial charge is 0.356 e. The summed E-state index contributed by atoms with van der Waals surface area (Å²) in [5.74, 6) is 0.571. The molecule has 0 radical (unpaired) electrons. The maximum absolute atomic E-state index is 11.9. The number of nitrogens with one attached hydrogen (secondary N) is 1. The number of imidazole rings is 1. The number of nitrogens with zero attached hydrogens (tertiary/aromatic N) is 2. The van der Waals surface area contributed by atoms with Crippen LogP contribution in [-0.4, -0.2) is 22.3 Å². The van der Waals surface area contributed by atoms with E-state index in [1.54, 1.807) is 23.0 Å². The number of allylic oxidation sites excluding steroid dienone is 1. The zero-order chi connectivity index (χ0) is 12.0. The first-order valence-corrected chi connectivity index (χ1v) is 4.95. The Morgan fingerprint density at radius 1 is 1.50 bits per heavy atom. The Morgan fingerprint density at radius 2 is 2.25 bits per heavy atom. The zero-order valence-corrected chi connectivity index (χ0v) is 8.80. The van der Waals surface area contributed by atoms with Crippen molar-refractivity contribution in [1.82, 2.24) is 9.55 Å². The van der Waals surface area contributed by atoms with Crippen LogP contribution in [0.2, 0.25) is 0 Å². The summed E-state index contributed by atoms with van der Waals surface area (Å²) < 4.78 is 37.4. The molecule has 1 aromatic heterocycles. The zero-order valence-electron chi connectivity index (χ0n) is 8.80. The molecule has 0 saturated carbocycles. The van der Waals surface area contributed by atoms with E-state index >= 15 is 0 Å². The molecule has 0 atom stereocenters. The van der Waals surface area contributed by atoms with E-state index < -0.39 is 12.6 Å². The SMILES string of the molecule is C=CCn1ccnc1NCCCC(F)(F)F. The van der Waals surface area contributed by atoms with Gasteiger partial charge in [-0.2, -0.15) is 13.2 Å². The van der Waals surface area contributed by atoms with Crippen molar-refractivity contribution in [3.05, 3.63) is 25.0 Å². The van der Waals surface area contributed by atoms with Gasteiger partial charge in [-0.15, -0.1) is 6.58 Å². The van der Waals surface area contributed by atoms with Crippen LogP contribution in [0.3, 0.4) is 0 Å². The van der Waals surface area contributed by atoms with Crippen molar-refractivity contribution in [2.45, 2.75) is 25.6 Å². The van der Waals surface area contributed by atoms with E-state index in [4.69, 9.17) is 0 Å². The highest BCUT2D eigenvalue weighted by Gasteiger charge is 2.25. The van der Waals surface area contributed by atoms with E-state index in [2.05, 4.69) is 16.9 Å². The Balaban J connectivity index is 2.31. The molecular formula is C10H14F3N3. The van der Waals surface area contributed by atoms with E-state index in [9.17, 15) is 13.2 Å². The molecule has 0 bridgehead atoms. The van der Waals surface area contributed by atoms with Crippen LogP contribution in [0, 0.1) is 0 Å². The number of halogens is 3. The molecule has 0 fully saturated rings. The first kappa shape index (κ1) is 12.6. The highest BCUT2D eigenvalue weighted by Crippen LogP contribution is 2.21. The lowest BCUT2D eigenvalue weighted by Crippen LogP contribution is -2.13. The van der Waals surface area contributed by atoms with Gasteiger partial charge in [0.05, 0.1) is 0 Å². The molecule has 0 unspecified atom stereocenters. The number of aromatic nitrogens is 2. The second-order valence-electron chi connectivity index (χ2n) is 3.34. The lowest BCUT2D eigenvalue weighted by Gasteiger charge is -2.09. The Bertz CT molecular complexity index is 330. The molecule has 6 heteroatoms. The minimum absolute atomic E-state index is 0.0461. The number of hydrogen-bond acceptors (Lipinski definition) is 2. The van der Waals surface area contributed by atoms with E-state index in [0.717, 1.165) is 0 Å². The van der Waals surface area contributed by atoms with Crippen LogP contribution in [0.15, 0.2) is 25.0 Å². The minimum atomic E-state index is -4.09. The molecule has 1 rings (SSSR count). The highest BCUT2D eigenvalue weighted by molar-refractivity contribution is 5.25. The van der Waals surface area contributed by atoms with E-state index in [0.29, 0.717) is 12.5 Å². The monoisotopic (exact) mass is 233 g/mol. The molecule has 0 amide bonds. The fourth-order valence-corrected chi connectivity index (χ4v) is 1.25. The molecule has 1 heterocycles. The van der Waals surface area contributed by atoms with E-state index in [1.165, 1.54) is 0 Å². The summed E-state index contributed by atoms with van der Waals surface area (Å²) >= 11 is 0. The van der Waals surface area contributed by atoms with Gasteiger partial charge >= 0.3 is 6.18 Å². The van der Waals surface area contributed by atoms with Crippen molar-refractivity contribution in [2.75, 3.05) is 11.9 Å². The maximum Gasteiger partial charge on any atom is 0.389 e. The van der Waals surface area contributed by atoms with Gasteiger partial charge in [-0.25, -0.2) is 4.98 Å². The van der Waals surface area contributed by atoms with Crippen molar-refractivity contribution in [2.24, 2.45) is 0 Å². The molecule has 1 N–H and O–H groups in total. The van der Waals surface area contributed by atoms with Crippen LogP contribution in [-0.2, 0) is 6.54 Å². The summed E-state index contributed by atoms with van der Waals surface area (Å²) in [7, 11) is 0. The Morgan fingerprint density at radius 3 is 2.88 bits per heavy atom. The van der Waals surface area contributed by atoms with Gasteiger partial charge in [-0.3, -0.25) is 0 Å². The average Bonchev–Trinajstić information content (AvgIpc) is 2.60. The maximum atomic E-state index is 11.9. The molecule has 0 saturated heterocycles. The molecular weight excluding hydrogens is 219 g/mol. The third kappa shape index (κ3) is 4.37. The summed E-state index contributed by atoms with van der Waals surface area (Å²) in [5.41, 5.74) is 0. The minimum Gasteiger partial charge on any atom is -0.356 e. The summed E-state index contributed by atoms with van der Waals surface area (Å²) in [6.07, 6.45) is 0.219. The van der Waals surface area contributed by atoms with Crippen molar-refractivity contribution < 1.29 is 13.2 Å². The predicted octanol–water partition coefficient (Wildman–Crippen LogP) is 2.82. The fraction of sp³-hybridized carbons (Fsp3) is 0.500. The molecule has 0 aliphatic carbocycles. The molecule has 0 spiro atoms. The van der Waals surface area contributed by atoms with Crippen LogP contribution in [0.4, 0.5) is 19.1 Å². The average molecular weight is 233 g/mol. The predicted molar refractivity (Wildman–Crippen MR) is 56.2 cm³/mol. The molecule has 0 aliphatic rings. The summed E-state index contributed by atoms with van der Waals surface area (Å²) in [4.78, 5) is 3.99. The quantitative estimate of drug-likeness (QED) is 0.604. The molecule has 0 aromatic carbocycles. The van der Waals surface area contributed by atoms with Gasteiger partial charge < -0.3 is 9.88 Å². The Labute approximate surface area is 92.0 Å². The van der Waals surface area contributed by atoms with Gasteiger partial charge in [0.2, 0.25) is 5.95 Å². The first-order valence-electron chi connectivity index (χ1n) is 4.95. The Hall–Kier alpha value is -1.46. The molecule has 16 heavy (non-hydrogen) atoms. The van der Waals surface area contributed by atoms with Crippen LogP contribution in [0.25, 0.3) is 0 Å². The van der Waals surface area contributed by atoms with Gasteiger partial charge in [-0.1, -0.05) is 6.08 Å². The second kappa shape index (κ2) is 5.58. The highest BCUT2D eigenvalue weighted by atomic mass is 19.4. The fourth-order valence-electron chi connectivity index (χ4n) is 1.25. The number of alkyl halides is 3. The lowest BCUT2D eigenvalue weighted by molar-refractivity contribution is -0.134. The summed E-state index contributed by atoms with van der Waals surface area (Å²) in [5, 5.41) is 2.85. The number of hydrogen-bond donors (Lipinski definition) is 1. The molecule has 90 valence electrons. The normalized spacial score (nSPS) is 11.4. The number of rotatable bonds is 6. The van der Waals surface area contributed by atoms with Gasteiger partial charge in [0, 0.05) is 31.9 Å². The third-order valence-electron chi connectivity index (χ3n) is 1.96. The van der Waals surface area contributed by atoms with E-state index in [1.807, 2.05) is 0 Å². The standard InChI is InChI=1S/C10H14F3N3/c1-2-7-16-8-6-15-9(16)14-5-3-4-10(11,12)13/h2,6,8H,1,3-5,7H2,(H,14,15). The third-order valence-corrected chi connectivity index (χ3v) is 1.96. The molecule has 0 aliphatic heterocycles. The summed E-state index contributed by atoms with van der Waals surface area (Å²) in [6, 6.07) is 0. The first-order chi connectivity index (χ1) is 7.53. The van der Waals surface area contributed by atoms with Crippen molar-refractivity contribution >= 4 is 5.95 Å². The second-order valence-corrected chi connectivity index (χ2v) is 3.34. The van der Waals surface area contributed by atoms with Gasteiger partial charge in [-0.05, 0) is 6.42 Å². The topological polar surface area (TPSA) is 29.9 Å². The lowest BCUT2D eigenvalue weighted by atomic mass is 10.3. The van der Waals surface area contributed by atoms with Crippen molar-refractivity contribution in [1.29, 1.82) is 0 Å². The van der Waals surface area contributed by atoms with Gasteiger partial charge in [0.15, 0.2) is 0 Å². The largest absolute Gasteiger partial charge is 0.389 e. The summed E-state index contributed by atoms with van der Waals surface area (Å²) in [6.45, 7) is 4.42. The number of anilines is 1. The van der Waals surface area contributed by atoms with E-state index in [-0.39, 0.29) is 13.0 Å².